The number of para-hydroxylation sites is 1. The second-order valence-corrected chi connectivity index (χ2v) is 7.36. The number of furan rings is 1. The number of hydrogen-bond donors (Lipinski definition) is 1. The summed E-state index contributed by atoms with van der Waals surface area (Å²) in [6, 6.07) is 14.6. The van der Waals surface area contributed by atoms with Crippen molar-refractivity contribution in [3.05, 3.63) is 75.9 Å². The molecule has 0 bridgehead atoms. The van der Waals surface area contributed by atoms with Crippen molar-refractivity contribution in [1.82, 2.24) is 5.32 Å². The van der Waals surface area contributed by atoms with Crippen LogP contribution >= 0.6 is 11.3 Å². The fourth-order valence-corrected chi connectivity index (χ4v) is 4.01. The molecule has 1 atom stereocenters. The van der Waals surface area contributed by atoms with Crippen molar-refractivity contribution >= 4 is 22.9 Å². The van der Waals surface area contributed by atoms with Gasteiger partial charge in [0, 0.05) is 16.6 Å². The van der Waals surface area contributed by atoms with Crippen molar-refractivity contribution in [3.8, 4) is 0 Å². The zero-order valence-corrected chi connectivity index (χ0v) is 14.9. The Morgan fingerprint density at radius 3 is 3.00 bits per heavy atom. The van der Waals surface area contributed by atoms with Crippen molar-refractivity contribution in [2.75, 3.05) is 4.90 Å². The topological polar surface area (TPSA) is 45.5 Å². The van der Waals surface area contributed by atoms with Crippen LogP contribution in [0.4, 0.5) is 5.69 Å². The molecule has 1 unspecified atom stereocenters. The number of anilines is 1. The van der Waals surface area contributed by atoms with Crippen molar-refractivity contribution in [2.45, 2.75) is 32.5 Å². The monoisotopic (exact) mass is 352 g/mol. The van der Waals surface area contributed by atoms with Crippen LogP contribution in [0.2, 0.25) is 0 Å². The number of nitrogens with one attached hydrogen (secondary N) is 1. The van der Waals surface area contributed by atoms with E-state index in [1.165, 1.54) is 11.3 Å². The first kappa shape index (κ1) is 16.0. The molecular formula is C20H20N2O2S. The number of fused-ring (bicyclic) bond motifs is 1. The maximum Gasteiger partial charge on any atom is 0.255 e. The summed E-state index contributed by atoms with van der Waals surface area (Å²) in [6.45, 7) is 3.36. The Kier molecular flexibility index (Phi) is 4.32. The highest BCUT2D eigenvalue weighted by Gasteiger charge is 2.27. The highest BCUT2D eigenvalue weighted by atomic mass is 32.1. The Bertz CT molecular complexity index is 869. The molecule has 4 nitrogen and oxygen atoms in total. The molecule has 0 spiro atoms. The van der Waals surface area contributed by atoms with Crippen molar-refractivity contribution < 1.29 is 9.21 Å². The lowest BCUT2D eigenvalue weighted by Gasteiger charge is -2.24. The fraction of sp³-hybridized carbons (Fsp3) is 0.250. The molecule has 5 heteroatoms. The van der Waals surface area contributed by atoms with Gasteiger partial charge in [0.1, 0.15) is 5.76 Å². The normalized spacial score (nSPS) is 16.0. The Balaban J connectivity index is 1.49. The van der Waals surface area contributed by atoms with Gasteiger partial charge < -0.3 is 14.6 Å². The lowest BCUT2D eigenvalue weighted by molar-refractivity contribution is 0.0949. The number of hydrogen-bond acceptors (Lipinski definition) is 4. The molecule has 3 heterocycles. The number of carbonyl (C=O) groups excluding carboxylic acids is 1. The van der Waals surface area contributed by atoms with E-state index in [0.29, 0.717) is 30.5 Å². The first-order valence-electron chi connectivity index (χ1n) is 8.44. The SMILES string of the molecule is CC1Cc2ccccc2N1Cc1occc1C(=O)NCc1cccs1. The van der Waals surface area contributed by atoms with E-state index in [1.807, 2.05) is 17.5 Å². The number of thiophene rings is 1. The van der Waals surface area contributed by atoms with Crippen LogP contribution in [0, 0.1) is 0 Å². The van der Waals surface area contributed by atoms with E-state index in [2.05, 4.69) is 41.4 Å². The van der Waals surface area contributed by atoms with E-state index in [4.69, 9.17) is 4.42 Å². The van der Waals surface area contributed by atoms with Crippen LogP contribution in [-0.2, 0) is 19.5 Å². The van der Waals surface area contributed by atoms with Gasteiger partial charge in [-0.15, -0.1) is 11.3 Å². The van der Waals surface area contributed by atoms with Gasteiger partial charge in [-0.1, -0.05) is 24.3 Å². The molecular weight excluding hydrogens is 332 g/mol. The molecule has 1 aromatic carbocycles. The van der Waals surface area contributed by atoms with Crippen LogP contribution in [0.5, 0.6) is 0 Å². The average Bonchev–Trinajstić information content (AvgIpc) is 3.34. The number of carbonyl (C=O) groups is 1. The van der Waals surface area contributed by atoms with Crippen LogP contribution < -0.4 is 10.2 Å². The molecule has 1 aliphatic rings. The highest BCUT2D eigenvalue weighted by molar-refractivity contribution is 7.09. The van der Waals surface area contributed by atoms with Crippen LogP contribution in [0.15, 0.2) is 58.5 Å². The zero-order valence-electron chi connectivity index (χ0n) is 14.1. The van der Waals surface area contributed by atoms with Crippen molar-refractivity contribution in [2.24, 2.45) is 0 Å². The molecule has 0 saturated heterocycles. The van der Waals surface area contributed by atoms with Gasteiger partial charge >= 0.3 is 0 Å². The van der Waals surface area contributed by atoms with Gasteiger partial charge in [-0.25, -0.2) is 0 Å². The number of nitrogens with zero attached hydrogens (tertiary/aromatic N) is 1. The van der Waals surface area contributed by atoms with E-state index in [-0.39, 0.29) is 5.91 Å². The van der Waals surface area contributed by atoms with Crippen LogP contribution in [0.25, 0.3) is 0 Å². The molecule has 0 radical (unpaired) electrons. The summed E-state index contributed by atoms with van der Waals surface area (Å²) in [6.07, 6.45) is 2.62. The van der Waals surface area contributed by atoms with E-state index in [9.17, 15) is 4.79 Å². The minimum atomic E-state index is -0.0858. The summed E-state index contributed by atoms with van der Waals surface area (Å²) in [7, 11) is 0. The van der Waals surface area contributed by atoms with Gasteiger partial charge in [-0.2, -0.15) is 0 Å². The van der Waals surface area contributed by atoms with Gasteiger partial charge in [0.15, 0.2) is 0 Å². The third kappa shape index (κ3) is 3.20. The number of rotatable bonds is 5. The largest absolute Gasteiger partial charge is 0.467 e. The second-order valence-electron chi connectivity index (χ2n) is 6.33. The van der Waals surface area contributed by atoms with E-state index < -0.39 is 0 Å². The third-order valence-electron chi connectivity index (χ3n) is 4.66. The smallest absolute Gasteiger partial charge is 0.255 e. The summed E-state index contributed by atoms with van der Waals surface area (Å²) in [5, 5.41) is 4.99. The molecule has 1 N–H and O–H groups in total. The summed E-state index contributed by atoms with van der Waals surface area (Å²) < 4.78 is 5.65. The quantitative estimate of drug-likeness (QED) is 0.748. The predicted octanol–water partition coefficient (Wildman–Crippen LogP) is 4.22. The molecule has 128 valence electrons. The van der Waals surface area contributed by atoms with Crippen LogP contribution in [-0.4, -0.2) is 11.9 Å². The van der Waals surface area contributed by atoms with Gasteiger partial charge in [-0.3, -0.25) is 4.79 Å². The maximum absolute atomic E-state index is 12.5. The molecule has 2 aromatic heterocycles. The molecule has 0 aliphatic carbocycles. The first-order valence-corrected chi connectivity index (χ1v) is 9.32. The fourth-order valence-electron chi connectivity index (χ4n) is 3.37. The Morgan fingerprint density at radius 2 is 2.16 bits per heavy atom. The minimum Gasteiger partial charge on any atom is -0.467 e. The van der Waals surface area contributed by atoms with Gasteiger partial charge in [0.2, 0.25) is 0 Å². The molecule has 1 aliphatic heterocycles. The Morgan fingerprint density at radius 1 is 1.28 bits per heavy atom. The molecule has 4 rings (SSSR count). The molecule has 0 saturated carbocycles. The summed E-state index contributed by atoms with van der Waals surface area (Å²) in [5.41, 5.74) is 3.20. The van der Waals surface area contributed by atoms with Crippen molar-refractivity contribution in [1.29, 1.82) is 0 Å². The molecule has 0 fully saturated rings. The average molecular weight is 352 g/mol. The van der Waals surface area contributed by atoms with Gasteiger partial charge in [-0.05, 0) is 42.5 Å². The molecule has 3 aromatic rings. The van der Waals surface area contributed by atoms with Crippen LogP contribution in [0.3, 0.4) is 0 Å². The first-order chi connectivity index (χ1) is 12.2. The molecule has 1 amide bonds. The van der Waals surface area contributed by atoms with Gasteiger partial charge in [0.25, 0.3) is 5.91 Å². The minimum absolute atomic E-state index is 0.0858. The van der Waals surface area contributed by atoms with E-state index in [0.717, 1.165) is 11.3 Å². The summed E-state index contributed by atoms with van der Waals surface area (Å²) in [4.78, 5) is 16.0. The Hall–Kier alpha value is -2.53. The summed E-state index contributed by atoms with van der Waals surface area (Å²) >= 11 is 1.64. The molecule has 25 heavy (non-hydrogen) atoms. The lowest BCUT2D eigenvalue weighted by atomic mass is 10.1. The standard InChI is InChI=1S/C20H20N2O2S/c1-14-11-15-5-2-3-7-18(15)22(14)13-19-17(8-9-24-19)20(23)21-12-16-6-4-10-25-16/h2-10,14H,11-13H2,1H3,(H,21,23). The maximum atomic E-state index is 12.5. The van der Waals surface area contributed by atoms with E-state index >= 15 is 0 Å². The van der Waals surface area contributed by atoms with Gasteiger partial charge in [0.05, 0.1) is 24.9 Å². The zero-order chi connectivity index (χ0) is 17.2. The second kappa shape index (κ2) is 6.76. The van der Waals surface area contributed by atoms with Crippen LogP contribution in [0.1, 0.15) is 33.5 Å². The third-order valence-corrected chi connectivity index (χ3v) is 5.53. The summed E-state index contributed by atoms with van der Waals surface area (Å²) in [5.74, 6) is 0.629. The van der Waals surface area contributed by atoms with E-state index in [1.54, 1.807) is 23.7 Å². The lowest BCUT2D eigenvalue weighted by Crippen LogP contribution is -2.30. The predicted molar refractivity (Wildman–Crippen MR) is 100.0 cm³/mol. The Labute approximate surface area is 151 Å². The highest BCUT2D eigenvalue weighted by Crippen LogP contribution is 2.33. The number of benzene rings is 1. The number of amides is 1. The van der Waals surface area contributed by atoms with Crippen molar-refractivity contribution in [3.63, 3.8) is 0 Å².